The van der Waals surface area contributed by atoms with E-state index < -0.39 is 5.54 Å². The van der Waals surface area contributed by atoms with Gasteiger partial charge in [0.1, 0.15) is 5.54 Å². The van der Waals surface area contributed by atoms with E-state index in [2.05, 4.69) is 47.4 Å². The van der Waals surface area contributed by atoms with Crippen LogP contribution in [0.1, 0.15) is 30.0 Å². The first-order valence-corrected chi connectivity index (χ1v) is 10.2. The fraction of sp³-hybridized carbons (Fsp3) is 0.280. The summed E-state index contributed by atoms with van der Waals surface area (Å²) in [6, 6.07) is 25.5. The smallest absolute Gasteiger partial charge is 0.215 e. The molecule has 1 heterocycles. The number of amides is 1. The number of benzene rings is 3. The van der Waals surface area contributed by atoms with Gasteiger partial charge in [0.05, 0.1) is 6.07 Å². The highest BCUT2D eigenvalue weighted by atomic mass is 16.1. The highest BCUT2D eigenvalue weighted by Crippen LogP contribution is 2.42. The van der Waals surface area contributed by atoms with Gasteiger partial charge >= 0.3 is 0 Å². The molecule has 0 radical (unpaired) electrons. The van der Waals surface area contributed by atoms with E-state index >= 15 is 0 Å². The van der Waals surface area contributed by atoms with E-state index in [9.17, 15) is 10.1 Å². The van der Waals surface area contributed by atoms with Crippen LogP contribution in [0.4, 0.5) is 5.69 Å². The van der Waals surface area contributed by atoms with Gasteiger partial charge in [-0.25, -0.2) is 0 Å². The molecule has 0 saturated carbocycles. The van der Waals surface area contributed by atoms with Crippen molar-refractivity contribution < 1.29 is 4.79 Å². The van der Waals surface area contributed by atoms with Crippen molar-refractivity contribution in [1.29, 1.82) is 5.26 Å². The first kappa shape index (κ1) is 17.9. The molecule has 1 aliphatic heterocycles. The predicted octanol–water partition coefficient (Wildman–Crippen LogP) is 4.46. The van der Waals surface area contributed by atoms with E-state index in [0.29, 0.717) is 18.9 Å². The number of nitrogens with zero attached hydrogens (tertiary/aromatic N) is 3. The van der Waals surface area contributed by atoms with Crippen molar-refractivity contribution in [3.05, 3.63) is 77.9 Å². The van der Waals surface area contributed by atoms with Crippen LogP contribution in [0.3, 0.4) is 0 Å². The van der Waals surface area contributed by atoms with Crippen molar-refractivity contribution in [1.82, 2.24) is 4.90 Å². The van der Waals surface area contributed by atoms with Crippen molar-refractivity contribution >= 4 is 22.9 Å². The molecule has 4 heteroatoms. The van der Waals surface area contributed by atoms with Crippen LogP contribution in [-0.2, 0) is 11.2 Å². The number of anilines is 1. The van der Waals surface area contributed by atoms with E-state index in [1.165, 1.54) is 21.9 Å². The largest absolute Gasteiger partial charge is 0.296 e. The molecular weight excluding hydrogens is 358 g/mol. The van der Waals surface area contributed by atoms with Gasteiger partial charge in [-0.1, -0.05) is 54.6 Å². The van der Waals surface area contributed by atoms with Crippen LogP contribution in [0.15, 0.2) is 66.7 Å². The SMILES string of the molecule is N#CC1(N(C=O)c2ccccc2)CCN(C2Cc3cccc4cccc2c34)CC1. The molecule has 0 spiro atoms. The highest BCUT2D eigenvalue weighted by molar-refractivity contribution is 5.91. The molecule has 3 aromatic rings. The average Bonchev–Trinajstić information content (AvgIpc) is 3.16. The topological polar surface area (TPSA) is 47.3 Å². The first-order valence-electron chi connectivity index (χ1n) is 10.2. The third kappa shape index (κ3) is 2.82. The molecule has 0 aromatic heterocycles. The van der Waals surface area contributed by atoms with Crippen molar-refractivity contribution in [3.8, 4) is 6.07 Å². The molecule has 29 heavy (non-hydrogen) atoms. The fourth-order valence-electron chi connectivity index (χ4n) is 5.15. The molecule has 1 fully saturated rings. The van der Waals surface area contributed by atoms with Crippen LogP contribution in [0, 0.1) is 11.3 Å². The van der Waals surface area contributed by atoms with E-state index in [1.807, 2.05) is 30.3 Å². The summed E-state index contributed by atoms with van der Waals surface area (Å²) in [4.78, 5) is 16.1. The van der Waals surface area contributed by atoms with Gasteiger partial charge in [-0.3, -0.25) is 14.6 Å². The zero-order chi connectivity index (χ0) is 19.8. The third-order valence-corrected chi connectivity index (χ3v) is 6.67. The Balaban J connectivity index is 1.40. The van der Waals surface area contributed by atoms with Crippen LogP contribution in [-0.4, -0.2) is 29.9 Å². The van der Waals surface area contributed by atoms with Gasteiger partial charge in [0.25, 0.3) is 0 Å². The summed E-state index contributed by atoms with van der Waals surface area (Å²) in [6.45, 7) is 1.61. The van der Waals surface area contributed by atoms with Crippen molar-refractivity contribution in [2.75, 3.05) is 18.0 Å². The standard InChI is InChI=1S/C25H23N3O/c26-17-25(28(18-29)21-9-2-1-3-10-21)12-14-27(15-13-25)23-16-20-8-4-6-19-7-5-11-22(23)24(19)20/h1-11,18,23H,12-16H2. The molecule has 1 amide bonds. The summed E-state index contributed by atoms with van der Waals surface area (Å²) in [5.74, 6) is 0. The maximum absolute atomic E-state index is 11.9. The molecule has 0 N–H and O–H groups in total. The Bertz CT molecular complexity index is 1090. The predicted molar refractivity (Wildman–Crippen MR) is 115 cm³/mol. The summed E-state index contributed by atoms with van der Waals surface area (Å²) in [6.07, 6.45) is 3.15. The van der Waals surface area contributed by atoms with Crippen LogP contribution < -0.4 is 4.90 Å². The molecule has 4 nitrogen and oxygen atoms in total. The number of para-hydroxylation sites is 1. The van der Waals surface area contributed by atoms with Crippen molar-refractivity contribution in [3.63, 3.8) is 0 Å². The average molecular weight is 381 g/mol. The fourth-order valence-corrected chi connectivity index (χ4v) is 5.15. The van der Waals surface area contributed by atoms with Gasteiger partial charge in [0.15, 0.2) is 0 Å². The van der Waals surface area contributed by atoms with E-state index in [-0.39, 0.29) is 0 Å². The van der Waals surface area contributed by atoms with Gasteiger partial charge < -0.3 is 0 Å². The highest BCUT2D eigenvalue weighted by Gasteiger charge is 2.43. The molecule has 1 unspecified atom stereocenters. The van der Waals surface area contributed by atoms with Crippen LogP contribution in [0.25, 0.3) is 10.8 Å². The molecule has 1 atom stereocenters. The van der Waals surface area contributed by atoms with Gasteiger partial charge in [0, 0.05) is 24.8 Å². The number of likely N-dealkylation sites (tertiary alicyclic amines) is 1. The monoisotopic (exact) mass is 381 g/mol. The lowest BCUT2D eigenvalue weighted by molar-refractivity contribution is -0.108. The van der Waals surface area contributed by atoms with Crippen LogP contribution in [0.2, 0.25) is 0 Å². The number of piperidine rings is 1. The normalized spacial score (nSPS) is 20.3. The number of rotatable bonds is 4. The zero-order valence-electron chi connectivity index (χ0n) is 16.3. The molecule has 1 aliphatic carbocycles. The lowest BCUT2D eigenvalue weighted by Gasteiger charge is -2.44. The summed E-state index contributed by atoms with van der Waals surface area (Å²) in [7, 11) is 0. The zero-order valence-corrected chi connectivity index (χ0v) is 16.3. The second-order valence-corrected chi connectivity index (χ2v) is 8.07. The van der Waals surface area contributed by atoms with Gasteiger partial charge in [-0.2, -0.15) is 5.26 Å². The molecule has 1 saturated heterocycles. The Morgan fingerprint density at radius 3 is 2.41 bits per heavy atom. The summed E-state index contributed by atoms with van der Waals surface area (Å²) in [5.41, 5.74) is 2.82. The minimum Gasteiger partial charge on any atom is -0.296 e. The van der Waals surface area contributed by atoms with Crippen LogP contribution >= 0.6 is 0 Å². The van der Waals surface area contributed by atoms with Gasteiger partial charge in [0.2, 0.25) is 6.41 Å². The minimum absolute atomic E-state index is 0.356. The maximum atomic E-state index is 11.9. The van der Waals surface area contributed by atoms with Crippen LogP contribution in [0.5, 0.6) is 0 Å². The first-order chi connectivity index (χ1) is 14.3. The van der Waals surface area contributed by atoms with Crippen molar-refractivity contribution in [2.45, 2.75) is 30.8 Å². The van der Waals surface area contributed by atoms with Gasteiger partial charge in [-0.05, 0) is 53.3 Å². The number of nitriles is 1. The van der Waals surface area contributed by atoms with Gasteiger partial charge in [-0.15, -0.1) is 0 Å². The Morgan fingerprint density at radius 2 is 1.72 bits per heavy atom. The Morgan fingerprint density at radius 1 is 1.00 bits per heavy atom. The Kier molecular flexibility index (Phi) is 4.34. The summed E-state index contributed by atoms with van der Waals surface area (Å²) < 4.78 is 0. The summed E-state index contributed by atoms with van der Waals surface area (Å²) in [5, 5.41) is 12.8. The molecule has 3 aromatic carbocycles. The minimum atomic E-state index is -0.781. The number of hydrogen-bond donors (Lipinski definition) is 0. The van der Waals surface area contributed by atoms with Crippen molar-refractivity contribution in [2.24, 2.45) is 0 Å². The summed E-state index contributed by atoms with van der Waals surface area (Å²) >= 11 is 0. The maximum Gasteiger partial charge on any atom is 0.215 e. The third-order valence-electron chi connectivity index (χ3n) is 6.67. The Hall–Kier alpha value is -3.16. The van der Waals surface area contributed by atoms with E-state index in [1.54, 1.807) is 4.90 Å². The number of carbonyl (C=O) groups excluding carboxylic acids is 1. The quantitative estimate of drug-likeness (QED) is 0.627. The second kappa shape index (κ2) is 7.02. The molecule has 0 bridgehead atoms. The molecule has 144 valence electrons. The van der Waals surface area contributed by atoms with E-state index in [0.717, 1.165) is 31.6 Å². The Labute approximate surface area is 171 Å². The molecule has 2 aliphatic rings. The lowest BCUT2D eigenvalue weighted by atomic mass is 9.85. The number of carbonyl (C=O) groups is 1. The second-order valence-electron chi connectivity index (χ2n) is 8.07. The molecular formula is C25H23N3O. The number of hydrogen-bond acceptors (Lipinski definition) is 3. The van der Waals surface area contributed by atoms with E-state index in [4.69, 9.17) is 0 Å². The molecule has 5 rings (SSSR count). The lowest BCUT2D eigenvalue weighted by Crippen LogP contribution is -2.55.